The number of hydrogen-bond donors (Lipinski definition) is 3. The van der Waals surface area contributed by atoms with Crippen LogP contribution in [-0.2, 0) is 28.7 Å². The van der Waals surface area contributed by atoms with E-state index in [1.165, 1.54) is 18.7 Å². The molecule has 0 aromatic heterocycles. The number of epoxide rings is 1. The Hall–Kier alpha value is -2.33. The molecule has 39 heavy (non-hydrogen) atoms. The van der Waals surface area contributed by atoms with Crippen molar-refractivity contribution in [1.82, 2.24) is 15.5 Å². The van der Waals surface area contributed by atoms with E-state index in [2.05, 4.69) is 10.6 Å². The summed E-state index contributed by atoms with van der Waals surface area (Å²) in [7, 11) is 1.56. The monoisotopic (exact) mass is 553 g/mol. The molecule has 1 heterocycles. The summed E-state index contributed by atoms with van der Waals surface area (Å²) in [4.78, 5) is 66.6. The number of carbonyl (C=O) groups excluding carboxylic acids is 5. The second kappa shape index (κ2) is 14.9. The number of aliphatic hydroxyl groups excluding tert-OH is 1. The summed E-state index contributed by atoms with van der Waals surface area (Å²) >= 11 is 0. The van der Waals surface area contributed by atoms with Crippen LogP contribution in [0.2, 0.25) is 0 Å². The van der Waals surface area contributed by atoms with Crippen LogP contribution >= 0.6 is 0 Å². The number of nitrogens with one attached hydrogen (secondary N) is 2. The predicted octanol–water partition coefficient (Wildman–Crippen LogP) is 2.26. The number of ether oxygens (including phenoxy) is 1. The van der Waals surface area contributed by atoms with Crippen LogP contribution in [0.5, 0.6) is 0 Å². The summed E-state index contributed by atoms with van der Waals surface area (Å²) in [6.45, 7) is 16.2. The highest BCUT2D eigenvalue weighted by Crippen LogP contribution is 2.30. The summed E-state index contributed by atoms with van der Waals surface area (Å²) in [5.74, 6) is -3.29. The average Bonchev–Trinajstić information content (AvgIpc) is 3.61. The van der Waals surface area contributed by atoms with Gasteiger partial charge in [0.2, 0.25) is 17.7 Å². The third-order valence-electron chi connectivity index (χ3n) is 8.00. The lowest BCUT2D eigenvalue weighted by atomic mass is 9.86. The number of nitrogens with zero attached hydrogens (tertiary/aromatic N) is 1. The lowest BCUT2D eigenvalue weighted by Crippen LogP contribution is -2.56. The molecule has 10 nitrogen and oxygen atoms in total. The fourth-order valence-corrected chi connectivity index (χ4v) is 4.68. The third kappa shape index (κ3) is 9.67. The number of likely N-dealkylation sites (N-methyl/N-ethyl adjacent to an activating group) is 1. The molecule has 0 radical (unpaired) electrons. The maximum absolute atomic E-state index is 13.6. The van der Waals surface area contributed by atoms with Crippen LogP contribution in [0, 0.1) is 23.7 Å². The van der Waals surface area contributed by atoms with E-state index < -0.39 is 53.3 Å². The van der Waals surface area contributed by atoms with Gasteiger partial charge in [0.1, 0.15) is 11.6 Å². The number of Topliss-reactive ketones (excluding diaryl/α,β-unsaturated/α-hetero) is 2. The van der Waals surface area contributed by atoms with Gasteiger partial charge < -0.3 is 25.4 Å². The van der Waals surface area contributed by atoms with E-state index >= 15 is 0 Å². The first-order valence-corrected chi connectivity index (χ1v) is 14.2. The first-order valence-electron chi connectivity index (χ1n) is 14.2. The Bertz CT molecular complexity index is 884. The van der Waals surface area contributed by atoms with Crippen molar-refractivity contribution in [3.63, 3.8) is 0 Å². The highest BCUT2D eigenvalue weighted by atomic mass is 16.6. The van der Waals surface area contributed by atoms with E-state index in [-0.39, 0.29) is 35.9 Å². The van der Waals surface area contributed by atoms with Crippen LogP contribution in [0.4, 0.5) is 0 Å². The van der Waals surface area contributed by atoms with Gasteiger partial charge in [0.15, 0.2) is 11.6 Å². The molecule has 1 rings (SSSR count). The lowest BCUT2D eigenvalue weighted by molar-refractivity contribution is -0.141. The Morgan fingerprint density at radius 1 is 0.949 bits per heavy atom. The second-order valence-corrected chi connectivity index (χ2v) is 11.9. The van der Waals surface area contributed by atoms with E-state index in [1.54, 1.807) is 14.0 Å². The number of amides is 3. The van der Waals surface area contributed by atoms with Crippen molar-refractivity contribution < 1.29 is 33.8 Å². The minimum atomic E-state index is -1.17. The summed E-state index contributed by atoms with van der Waals surface area (Å²) in [6, 6.07) is -2.46. The molecule has 224 valence electrons. The third-order valence-corrected chi connectivity index (χ3v) is 8.00. The average molecular weight is 554 g/mol. The highest BCUT2D eigenvalue weighted by molar-refractivity contribution is 5.98. The van der Waals surface area contributed by atoms with Gasteiger partial charge in [-0.1, -0.05) is 54.4 Å². The van der Waals surface area contributed by atoms with Gasteiger partial charge in [-0.25, -0.2) is 0 Å². The van der Waals surface area contributed by atoms with Crippen LogP contribution in [0.3, 0.4) is 0 Å². The van der Waals surface area contributed by atoms with Crippen molar-refractivity contribution in [1.29, 1.82) is 0 Å². The Labute approximate surface area is 234 Å². The largest absolute Gasteiger partial charge is 0.393 e. The van der Waals surface area contributed by atoms with Gasteiger partial charge in [-0.3, -0.25) is 24.0 Å². The fourth-order valence-electron chi connectivity index (χ4n) is 4.68. The molecule has 1 aliphatic rings. The Balaban J connectivity index is 3.15. The molecule has 3 N–H and O–H groups in total. The van der Waals surface area contributed by atoms with Crippen LogP contribution in [-0.4, -0.2) is 82.8 Å². The van der Waals surface area contributed by atoms with Crippen LogP contribution < -0.4 is 10.6 Å². The van der Waals surface area contributed by atoms with E-state index in [9.17, 15) is 29.1 Å². The normalized spacial score (nSPS) is 22.1. The molecule has 0 aromatic carbocycles. The van der Waals surface area contributed by atoms with Gasteiger partial charge in [0.05, 0.1) is 30.7 Å². The van der Waals surface area contributed by atoms with Gasteiger partial charge in [-0.2, -0.15) is 0 Å². The summed E-state index contributed by atoms with van der Waals surface area (Å²) < 4.78 is 5.29. The summed E-state index contributed by atoms with van der Waals surface area (Å²) in [5, 5.41) is 16.1. The molecule has 1 saturated heterocycles. The van der Waals surface area contributed by atoms with Gasteiger partial charge in [-0.15, -0.1) is 0 Å². The van der Waals surface area contributed by atoms with E-state index in [0.717, 1.165) is 0 Å². The molecule has 1 fully saturated rings. The Morgan fingerprint density at radius 3 is 1.90 bits per heavy atom. The SMILES string of the molecule is CCC(C)[C@H](NC(=O)[C@H](C(C)CC)N(C)C(C)=O)C(=O)C[C@H](C(=O)N[C@@H](CC(C)C)C(=O)[C@@]1(C)CO1)C(C)O. The van der Waals surface area contributed by atoms with Crippen LogP contribution in [0.1, 0.15) is 88.0 Å². The molecular formula is C29H51N3O7. The molecule has 8 atom stereocenters. The highest BCUT2D eigenvalue weighted by Gasteiger charge is 2.50. The molecule has 10 heteroatoms. The Kier molecular flexibility index (Phi) is 13.2. The van der Waals surface area contributed by atoms with E-state index in [1.807, 2.05) is 41.5 Å². The number of carbonyl (C=O) groups is 5. The molecule has 0 aliphatic carbocycles. The second-order valence-electron chi connectivity index (χ2n) is 11.9. The van der Waals surface area contributed by atoms with Gasteiger partial charge in [-0.05, 0) is 38.0 Å². The van der Waals surface area contributed by atoms with Crippen LogP contribution in [0.25, 0.3) is 0 Å². The Morgan fingerprint density at radius 2 is 1.49 bits per heavy atom. The first kappa shape index (κ1) is 34.7. The number of aliphatic hydroxyl groups is 1. The van der Waals surface area contributed by atoms with E-state index in [0.29, 0.717) is 25.9 Å². The summed E-state index contributed by atoms with van der Waals surface area (Å²) in [5.41, 5.74) is -0.923. The molecule has 0 bridgehead atoms. The molecular weight excluding hydrogens is 502 g/mol. The quantitative estimate of drug-likeness (QED) is 0.234. The number of ketones is 2. The fraction of sp³-hybridized carbons (Fsp3) is 0.828. The zero-order valence-electron chi connectivity index (χ0n) is 25.5. The molecule has 1 aliphatic heterocycles. The zero-order chi connectivity index (χ0) is 30.2. The van der Waals surface area contributed by atoms with Crippen molar-refractivity contribution >= 4 is 29.3 Å². The smallest absolute Gasteiger partial charge is 0.243 e. The predicted molar refractivity (Wildman–Crippen MR) is 149 cm³/mol. The van der Waals surface area contributed by atoms with Crippen molar-refractivity contribution in [3.05, 3.63) is 0 Å². The van der Waals surface area contributed by atoms with Gasteiger partial charge in [0.25, 0.3) is 0 Å². The molecule has 0 saturated carbocycles. The molecule has 0 aromatic rings. The van der Waals surface area contributed by atoms with Crippen molar-refractivity contribution in [2.24, 2.45) is 23.7 Å². The molecule has 0 spiro atoms. The van der Waals surface area contributed by atoms with Crippen molar-refractivity contribution in [2.75, 3.05) is 13.7 Å². The maximum atomic E-state index is 13.6. The number of rotatable bonds is 17. The van der Waals surface area contributed by atoms with Crippen molar-refractivity contribution in [3.8, 4) is 0 Å². The van der Waals surface area contributed by atoms with Gasteiger partial charge >= 0.3 is 0 Å². The zero-order valence-corrected chi connectivity index (χ0v) is 25.5. The molecule has 3 unspecified atom stereocenters. The lowest BCUT2D eigenvalue weighted by Gasteiger charge is -2.33. The molecule has 3 amide bonds. The maximum Gasteiger partial charge on any atom is 0.243 e. The van der Waals surface area contributed by atoms with Crippen molar-refractivity contribution in [2.45, 2.75) is 118 Å². The first-order chi connectivity index (χ1) is 18.0. The summed E-state index contributed by atoms with van der Waals surface area (Å²) in [6.07, 6.45) is 0.161. The van der Waals surface area contributed by atoms with Gasteiger partial charge in [0, 0.05) is 20.4 Å². The van der Waals surface area contributed by atoms with E-state index in [4.69, 9.17) is 4.74 Å². The topological polar surface area (TPSA) is 145 Å². The van der Waals surface area contributed by atoms with Crippen LogP contribution in [0.15, 0.2) is 0 Å². The minimum Gasteiger partial charge on any atom is -0.393 e. The standard InChI is InChI=1S/C29H51N3O7/c1-11-17(5)24(31-28(38)25(18(6)12-2)32(10)20(8)34)23(35)14-21(19(7)33)27(37)30-22(13-16(3)4)26(36)29(9)15-39-29/h16-19,21-22,24-25,33H,11-15H2,1-10H3,(H,30,37)(H,31,38)/t17?,18?,19?,21-,22-,24-,25-,29+/m0/s1. The minimum absolute atomic E-state index is 0.116. The number of hydrogen-bond acceptors (Lipinski definition) is 7.